The highest BCUT2D eigenvalue weighted by atomic mass is 35.5. The van der Waals surface area contributed by atoms with E-state index in [2.05, 4.69) is 23.6 Å². The highest BCUT2D eigenvalue weighted by Gasteiger charge is 2.31. The zero-order chi connectivity index (χ0) is 15.4. The fraction of sp³-hybridized carbons (Fsp3) is 0.824. The van der Waals surface area contributed by atoms with E-state index in [4.69, 9.17) is 17.3 Å². The van der Waals surface area contributed by atoms with Crippen LogP contribution >= 0.6 is 11.6 Å². The highest BCUT2D eigenvalue weighted by molar-refractivity contribution is 6.31. The second-order valence-electron chi connectivity index (χ2n) is 6.59. The first-order valence-electron chi connectivity index (χ1n) is 8.52. The van der Waals surface area contributed by atoms with Crippen molar-refractivity contribution in [1.29, 1.82) is 0 Å². The van der Waals surface area contributed by atoms with Crippen molar-refractivity contribution in [2.24, 2.45) is 23.5 Å². The molecule has 3 unspecified atom stereocenters. The van der Waals surface area contributed by atoms with Gasteiger partial charge < -0.3 is 5.73 Å². The smallest absolute Gasteiger partial charge is 0.0847 e. The Labute approximate surface area is 134 Å². The van der Waals surface area contributed by atoms with Crippen LogP contribution in [-0.4, -0.2) is 16.3 Å². The lowest BCUT2D eigenvalue weighted by molar-refractivity contribution is 0.173. The van der Waals surface area contributed by atoms with E-state index in [0.717, 1.165) is 36.1 Å². The Hall–Kier alpha value is -0.540. The number of aromatic nitrogens is 2. The van der Waals surface area contributed by atoms with Gasteiger partial charge in [0.05, 0.1) is 16.4 Å². The van der Waals surface area contributed by atoms with Crippen molar-refractivity contribution >= 4 is 11.6 Å². The Kier molecular flexibility index (Phi) is 6.12. The SMILES string of the molecule is CCCC1CCC(CN)C(Cc2c(Cl)c(C)nn2CC)C1. The lowest BCUT2D eigenvalue weighted by Crippen LogP contribution is -2.32. The summed E-state index contributed by atoms with van der Waals surface area (Å²) in [6.07, 6.45) is 7.62. The van der Waals surface area contributed by atoms with Gasteiger partial charge in [-0.2, -0.15) is 5.10 Å². The largest absolute Gasteiger partial charge is 0.330 e. The number of hydrogen-bond acceptors (Lipinski definition) is 2. The minimum absolute atomic E-state index is 0.648. The quantitative estimate of drug-likeness (QED) is 0.855. The van der Waals surface area contributed by atoms with E-state index < -0.39 is 0 Å². The standard InChI is InChI=1S/C17H30ClN3/c1-4-6-13-7-8-14(11-19)15(9-13)10-16-17(18)12(3)20-21(16)5-2/h13-15H,4-11,19H2,1-3H3. The van der Waals surface area contributed by atoms with Crippen molar-refractivity contribution in [2.45, 2.75) is 65.8 Å². The van der Waals surface area contributed by atoms with Crippen molar-refractivity contribution < 1.29 is 0 Å². The summed E-state index contributed by atoms with van der Waals surface area (Å²) in [5, 5.41) is 5.42. The number of rotatable bonds is 6. The average Bonchev–Trinajstić information content (AvgIpc) is 2.76. The Morgan fingerprint density at radius 2 is 2.05 bits per heavy atom. The maximum atomic E-state index is 6.49. The first-order chi connectivity index (χ1) is 10.1. The van der Waals surface area contributed by atoms with Crippen molar-refractivity contribution in [3.63, 3.8) is 0 Å². The van der Waals surface area contributed by atoms with Gasteiger partial charge in [0.1, 0.15) is 0 Å². The van der Waals surface area contributed by atoms with Crippen LogP contribution in [0.25, 0.3) is 0 Å². The van der Waals surface area contributed by atoms with Gasteiger partial charge in [-0.3, -0.25) is 4.68 Å². The minimum atomic E-state index is 0.648. The van der Waals surface area contributed by atoms with Crippen LogP contribution < -0.4 is 5.73 Å². The van der Waals surface area contributed by atoms with Gasteiger partial charge in [0.2, 0.25) is 0 Å². The molecule has 1 fully saturated rings. The molecule has 1 aromatic heterocycles. The molecular weight excluding hydrogens is 282 g/mol. The van der Waals surface area contributed by atoms with Crippen molar-refractivity contribution in [2.75, 3.05) is 6.54 Å². The Bertz CT molecular complexity index is 455. The van der Waals surface area contributed by atoms with Gasteiger partial charge in [0.25, 0.3) is 0 Å². The number of nitrogens with two attached hydrogens (primary N) is 1. The van der Waals surface area contributed by atoms with E-state index >= 15 is 0 Å². The molecule has 1 aliphatic carbocycles. The van der Waals surface area contributed by atoms with E-state index in [1.54, 1.807) is 0 Å². The summed E-state index contributed by atoms with van der Waals surface area (Å²) >= 11 is 6.49. The molecule has 0 aromatic carbocycles. The highest BCUT2D eigenvalue weighted by Crippen LogP contribution is 2.38. The molecule has 0 aliphatic heterocycles. The van der Waals surface area contributed by atoms with Crippen LogP contribution in [0, 0.1) is 24.7 Å². The van der Waals surface area contributed by atoms with Crippen LogP contribution in [0.15, 0.2) is 0 Å². The van der Waals surface area contributed by atoms with Gasteiger partial charge in [-0.1, -0.05) is 37.8 Å². The lowest BCUT2D eigenvalue weighted by atomic mass is 9.71. The molecule has 0 spiro atoms. The zero-order valence-corrected chi connectivity index (χ0v) is 14.5. The molecule has 0 amide bonds. The second kappa shape index (κ2) is 7.64. The summed E-state index contributed by atoms with van der Waals surface area (Å²) in [5.41, 5.74) is 8.20. The monoisotopic (exact) mass is 311 g/mol. The third kappa shape index (κ3) is 3.81. The number of hydrogen-bond donors (Lipinski definition) is 1. The fourth-order valence-corrected chi connectivity index (χ4v) is 4.18. The Morgan fingerprint density at radius 3 is 2.67 bits per heavy atom. The molecule has 4 heteroatoms. The van der Waals surface area contributed by atoms with Crippen molar-refractivity contribution in [1.82, 2.24) is 9.78 Å². The summed E-state index contributed by atoms with van der Waals surface area (Å²) in [6.45, 7) is 8.12. The van der Waals surface area contributed by atoms with Gasteiger partial charge in [-0.15, -0.1) is 0 Å². The normalized spacial score (nSPS) is 26.2. The summed E-state index contributed by atoms with van der Waals surface area (Å²) in [7, 11) is 0. The van der Waals surface area contributed by atoms with Gasteiger partial charge in [0.15, 0.2) is 0 Å². The van der Waals surface area contributed by atoms with E-state index in [-0.39, 0.29) is 0 Å². The molecule has 1 heterocycles. The molecule has 2 rings (SSSR count). The van der Waals surface area contributed by atoms with E-state index in [1.165, 1.54) is 37.8 Å². The third-order valence-electron chi connectivity index (χ3n) is 5.16. The number of aryl methyl sites for hydroxylation is 2. The molecule has 1 aromatic rings. The molecule has 2 N–H and O–H groups in total. The summed E-state index contributed by atoms with van der Waals surface area (Å²) in [4.78, 5) is 0. The molecule has 3 atom stereocenters. The molecule has 1 saturated carbocycles. The molecule has 0 radical (unpaired) electrons. The maximum absolute atomic E-state index is 6.49. The minimum Gasteiger partial charge on any atom is -0.330 e. The van der Waals surface area contributed by atoms with Gasteiger partial charge in [-0.25, -0.2) is 0 Å². The molecule has 120 valence electrons. The lowest BCUT2D eigenvalue weighted by Gasteiger charge is -2.36. The first-order valence-corrected chi connectivity index (χ1v) is 8.90. The van der Waals surface area contributed by atoms with E-state index in [0.29, 0.717) is 11.8 Å². The average molecular weight is 312 g/mol. The van der Waals surface area contributed by atoms with Crippen molar-refractivity contribution in [3.8, 4) is 0 Å². The van der Waals surface area contributed by atoms with Crippen LogP contribution in [0.4, 0.5) is 0 Å². The second-order valence-corrected chi connectivity index (χ2v) is 6.97. The van der Waals surface area contributed by atoms with Crippen LogP contribution in [0.2, 0.25) is 5.02 Å². The molecule has 0 saturated heterocycles. The Morgan fingerprint density at radius 1 is 1.29 bits per heavy atom. The molecular formula is C17H30ClN3. The maximum Gasteiger partial charge on any atom is 0.0847 e. The van der Waals surface area contributed by atoms with E-state index in [9.17, 15) is 0 Å². The van der Waals surface area contributed by atoms with Gasteiger partial charge >= 0.3 is 0 Å². The first kappa shape index (κ1) is 16.8. The van der Waals surface area contributed by atoms with Gasteiger partial charge in [0, 0.05) is 6.54 Å². The van der Waals surface area contributed by atoms with Crippen LogP contribution in [0.3, 0.4) is 0 Å². The molecule has 0 bridgehead atoms. The zero-order valence-electron chi connectivity index (χ0n) is 13.7. The van der Waals surface area contributed by atoms with Gasteiger partial charge in [-0.05, 0) is 57.4 Å². The topological polar surface area (TPSA) is 43.8 Å². The molecule has 1 aliphatic rings. The molecule has 3 nitrogen and oxygen atoms in total. The predicted molar refractivity (Wildman–Crippen MR) is 89.6 cm³/mol. The van der Waals surface area contributed by atoms with E-state index in [1.807, 2.05) is 6.92 Å². The number of halogens is 1. The Balaban J connectivity index is 2.14. The van der Waals surface area contributed by atoms with Crippen LogP contribution in [0.1, 0.15) is 57.3 Å². The third-order valence-corrected chi connectivity index (χ3v) is 5.65. The van der Waals surface area contributed by atoms with Crippen LogP contribution in [0.5, 0.6) is 0 Å². The number of nitrogens with zero attached hydrogens (tertiary/aromatic N) is 2. The van der Waals surface area contributed by atoms with Crippen molar-refractivity contribution in [3.05, 3.63) is 16.4 Å². The fourth-order valence-electron chi connectivity index (χ4n) is 3.97. The molecule has 21 heavy (non-hydrogen) atoms. The summed E-state index contributed by atoms with van der Waals surface area (Å²) in [6, 6.07) is 0. The predicted octanol–water partition coefficient (Wildman–Crippen LogP) is 4.20. The van der Waals surface area contributed by atoms with Crippen LogP contribution in [-0.2, 0) is 13.0 Å². The summed E-state index contributed by atoms with van der Waals surface area (Å²) < 4.78 is 2.08. The summed E-state index contributed by atoms with van der Waals surface area (Å²) in [5.74, 6) is 2.19.